The molecule has 2 rings (SSSR count). The molecular weight excluding hydrogens is 336 g/mol. The first-order valence-corrected chi connectivity index (χ1v) is 7.50. The maximum atomic E-state index is 12.2. The number of nitrogens with two attached hydrogens (primary N) is 1. The molecule has 1 aromatic rings. The van der Waals surface area contributed by atoms with Crippen molar-refractivity contribution < 1.29 is 4.79 Å². The number of carbonyl (C=O) groups is 1. The van der Waals surface area contributed by atoms with Crippen LogP contribution in [0.4, 0.5) is 0 Å². The van der Waals surface area contributed by atoms with Gasteiger partial charge in [0.05, 0.1) is 15.7 Å². The van der Waals surface area contributed by atoms with Crippen molar-refractivity contribution in [2.24, 2.45) is 11.1 Å². The summed E-state index contributed by atoms with van der Waals surface area (Å²) in [6.45, 7) is 1.07. The molecular formula is C12H18BrClN2OS. The van der Waals surface area contributed by atoms with Crippen molar-refractivity contribution in [3.8, 4) is 0 Å². The van der Waals surface area contributed by atoms with Gasteiger partial charge in [0.15, 0.2) is 0 Å². The molecule has 1 fully saturated rings. The third-order valence-electron chi connectivity index (χ3n) is 3.49. The maximum Gasteiger partial charge on any atom is 0.227 e. The number of carbonyl (C=O) groups excluding carboxylic acids is 1. The van der Waals surface area contributed by atoms with E-state index in [2.05, 4.69) is 21.2 Å². The van der Waals surface area contributed by atoms with Crippen LogP contribution in [0.15, 0.2) is 15.9 Å². The van der Waals surface area contributed by atoms with Gasteiger partial charge in [0.25, 0.3) is 0 Å². The molecule has 3 N–H and O–H groups in total. The van der Waals surface area contributed by atoms with E-state index in [9.17, 15) is 4.79 Å². The summed E-state index contributed by atoms with van der Waals surface area (Å²) in [5, 5.41) is 3.02. The van der Waals surface area contributed by atoms with Gasteiger partial charge in [0.2, 0.25) is 5.91 Å². The van der Waals surface area contributed by atoms with Gasteiger partial charge in [-0.05, 0) is 40.9 Å². The number of hydrogen-bond acceptors (Lipinski definition) is 3. The molecule has 0 aromatic carbocycles. The zero-order chi connectivity index (χ0) is 12.3. The van der Waals surface area contributed by atoms with E-state index in [4.69, 9.17) is 5.73 Å². The van der Waals surface area contributed by atoms with E-state index in [0.29, 0.717) is 13.1 Å². The normalized spacial score (nSPS) is 17.2. The lowest BCUT2D eigenvalue weighted by molar-refractivity contribution is -0.130. The second-order valence-electron chi connectivity index (χ2n) is 4.58. The Kier molecular flexibility index (Phi) is 6.11. The summed E-state index contributed by atoms with van der Waals surface area (Å²) in [5.41, 5.74) is 5.48. The minimum atomic E-state index is -0.297. The highest BCUT2D eigenvalue weighted by atomic mass is 79.9. The topological polar surface area (TPSA) is 55.1 Å². The molecule has 18 heavy (non-hydrogen) atoms. The van der Waals surface area contributed by atoms with Crippen molar-refractivity contribution in [2.45, 2.75) is 32.2 Å². The molecule has 1 aliphatic rings. The lowest BCUT2D eigenvalue weighted by atomic mass is 9.85. The smallest absolute Gasteiger partial charge is 0.227 e. The van der Waals surface area contributed by atoms with E-state index in [1.807, 2.05) is 12.1 Å². The first-order valence-electron chi connectivity index (χ1n) is 5.89. The van der Waals surface area contributed by atoms with Gasteiger partial charge in [0, 0.05) is 11.4 Å². The van der Waals surface area contributed by atoms with Crippen LogP contribution in [0.2, 0.25) is 0 Å². The molecule has 1 aromatic heterocycles. The van der Waals surface area contributed by atoms with Gasteiger partial charge >= 0.3 is 0 Å². The Morgan fingerprint density at radius 2 is 2.11 bits per heavy atom. The predicted molar refractivity (Wildman–Crippen MR) is 81.1 cm³/mol. The molecule has 3 nitrogen and oxygen atoms in total. The SMILES string of the molecule is Cl.NCC1(C(=O)NCc2ccc(Br)s2)CCCC1. The van der Waals surface area contributed by atoms with Gasteiger partial charge in [-0.3, -0.25) is 4.79 Å². The minimum absolute atomic E-state index is 0. The van der Waals surface area contributed by atoms with Crippen LogP contribution in [-0.2, 0) is 11.3 Å². The molecule has 0 saturated heterocycles. The number of halogens is 2. The highest BCUT2D eigenvalue weighted by Crippen LogP contribution is 2.37. The predicted octanol–water partition coefficient (Wildman–Crippen LogP) is 3.07. The van der Waals surface area contributed by atoms with Gasteiger partial charge in [-0.25, -0.2) is 0 Å². The molecule has 0 bridgehead atoms. The number of nitrogens with one attached hydrogen (secondary N) is 1. The van der Waals surface area contributed by atoms with Crippen LogP contribution in [0.25, 0.3) is 0 Å². The first-order chi connectivity index (χ1) is 8.16. The molecule has 1 saturated carbocycles. The molecule has 1 heterocycles. The Balaban J connectivity index is 0.00000162. The van der Waals surface area contributed by atoms with E-state index in [0.717, 1.165) is 34.3 Å². The lowest BCUT2D eigenvalue weighted by Crippen LogP contribution is -2.43. The van der Waals surface area contributed by atoms with Crippen molar-refractivity contribution in [3.63, 3.8) is 0 Å². The highest BCUT2D eigenvalue weighted by molar-refractivity contribution is 9.11. The molecule has 0 atom stereocenters. The van der Waals surface area contributed by atoms with E-state index in [1.54, 1.807) is 11.3 Å². The minimum Gasteiger partial charge on any atom is -0.351 e. The summed E-state index contributed by atoms with van der Waals surface area (Å²) >= 11 is 5.06. The van der Waals surface area contributed by atoms with Crippen LogP contribution in [0.3, 0.4) is 0 Å². The van der Waals surface area contributed by atoms with Crippen LogP contribution in [0.1, 0.15) is 30.6 Å². The molecule has 0 spiro atoms. The molecule has 1 amide bonds. The van der Waals surface area contributed by atoms with E-state index in [1.165, 1.54) is 0 Å². The largest absolute Gasteiger partial charge is 0.351 e. The number of rotatable bonds is 4. The van der Waals surface area contributed by atoms with Crippen LogP contribution in [-0.4, -0.2) is 12.5 Å². The standard InChI is InChI=1S/C12H17BrN2OS.ClH/c13-10-4-3-9(17-10)7-15-11(16)12(8-14)5-1-2-6-12;/h3-4H,1-2,5-8,14H2,(H,15,16);1H. The van der Waals surface area contributed by atoms with Gasteiger partial charge < -0.3 is 11.1 Å². The summed E-state index contributed by atoms with van der Waals surface area (Å²) < 4.78 is 1.09. The Hall–Kier alpha value is -0.100. The van der Waals surface area contributed by atoms with Crippen molar-refractivity contribution in [2.75, 3.05) is 6.54 Å². The van der Waals surface area contributed by atoms with E-state index < -0.39 is 0 Å². The molecule has 0 unspecified atom stereocenters. The lowest BCUT2D eigenvalue weighted by Gasteiger charge is -2.25. The third-order valence-corrected chi connectivity index (χ3v) is 5.11. The molecule has 0 aliphatic heterocycles. The average molecular weight is 354 g/mol. The second-order valence-corrected chi connectivity index (χ2v) is 7.13. The zero-order valence-corrected chi connectivity index (χ0v) is 13.3. The van der Waals surface area contributed by atoms with Gasteiger partial charge in [-0.15, -0.1) is 23.7 Å². The second kappa shape index (κ2) is 6.89. The fraction of sp³-hybridized carbons (Fsp3) is 0.583. The Bertz CT molecular complexity index is 405. The highest BCUT2D eigenvalue weighted by Gasteiger charge is 2.39. The van der Waals surface area contributed by atoms with Crippen molar-refractivity contribution in [1.82, 2.24) is 5.32 Å². The summed E-state index contributed by atoms with van der Waals surface area (Å²) in [6.07, 6.45) is 4.11. The monoisotopic (exact) mass is 352 g/mol. The molecule has 6 heteroatoms. The summed E-state index contributed by atoms with van der Waals surface area (Å²) in [7, 11) is 0. The fourth-order valence-electron chi connectivity index (χ4n) is 2.38. The van der Waals surface area contributed by atoms with Crippen LogP contribution in [0.5, 0.6) is 0 Å². The number of hydrogen-bond donors (Lipinski definition) is 2. The third kappa shape index (κ3) is 3.47. The first kappa shape index (κ1) is 16.0. The van der Waals surface area contributed by atoms with Gasteiger partial charge in [-0.1, -0.05) is 12.8 Å². The number of thiophene rings is 1. The van der Waals surface area contributed by atoms with Crippen molar-refractivity contribution in [1.29, 1.82) is 0 Å². The van der Waals surface area contributed by atoms with Crippen LogP contribution in [0, 0.1) is 5.41 Å². The maximum absolute atomic E-state index is 12.2. The summed E-state index contributed by atoms with van der Waals surface area (Å²) in [5.74, 6) is 0.127. The van der Waals surface area contributed by atoms with Crippen molar-refractivity contribution >= 4 is 45.6 Å². The Morgan fingerprint density at radius 1 is 1.44 bits per heavy atom. The zero-order valence-electron chi connectivity index (χ0n) is 10.1. The number of amides is 1. The Labute approximate surface area is 126 Å². The molecule has 0 radical (unpaired) electrons. The van der Waals surface area contributed by atoms with E-state index in [-0.39, 0.29) is 23.7 Å². The quantitative estimate of drug-likeness (QED) is 0.874. The van der Waals surface area contributed by atoms with Gasteiger partial charge in [-0.2, -0.15) is 0 Å². The Morgan fingerprint density at radius 3 is 2.61 bits per heavy atom. The molecule has 1 aliphatic carbocycles. The summed E-state index contributed by atoms with van der Waals surface area (Å²) in [6, 6.07) is 4.03. The molecule has 102 valence electrons. The van der Waals surface area contributed by atoms with Gasteiger partial charge in [0.1, 0.15) is 0 Å². The van der Waals surface area contributed by atoms with Crippen molar-refractivity contribution in [3.05, 3.63) is 20.8 Å². The summed E-state index contributed by atoms with van der Waals surface area (Å²) in [4.78, 5) is 13.3. The van der Waals surface area contributed by atoms with E-state index >= 15 is 0 Å². The fourth-order valence-corrected chi connectivity index (χ4v) is 3.80. The van der Waals surface area contributed by atoms with Crippen LogP contribution < -0.4 is 11.1 Å². The average Bonchev–Trinajstić information content (AvgIpc) is 2.95. The van der Waals surface area contributed by atoms with Crippen LogP contribution >= 0.6 is 39.7 Å².